The lowest BCUT2D eigenvalue weighted by molar-refractivity contribution is -0.137. The Hall–Kier alpha value is -1.35. The van der Waals surface area contributed by atoms with Crippen molar-refractivity contribution in [1.29, 1.82) is 0 Å². The normalized spacial score (nSPS) is 25.2. The van der Waals surface area contributed by atoms with Crippen LogP contribution in [0.4, 0.5) is 0 Å². The highest BCUT2D eigenvalue weighted by molar-refractivity contribution is 5.83. The fraction of sp³-hybridized carbons (Fsp3) is 0.562. The Labute approximate surface area is 115 Å². The number of benzene rings is 1. The van der Waals surface area contributed by atoms with Gasteiger partial charge in [-0.25, -0.2) is 0 Å². The number of likely N-dealkylation sites (tertiary alicyclic amines) is 1. The van der Waals surface area contributed by atoms with Crippen molar-refractivity contribution < 1.29 is 4.79 Å². The Morgan fingerprint density at radius 1 is 1.26 bits per heavy atom. The molecule has 1 aliphatic heterocycles. The van der Waals surface area contributed by atoms with Crippen LogP contribution in [-0.2, 0) is 4.79 Å². The van der Waals surface area contributed by atoms with Gasteiger partial charge in [-0.15, -0.1) is 0 Å². The summed E-state index contributed by atoms with van der Waals surface area (Å²) in [6.07, 6.45) is 2.28. The lowest BCUT2D eigenvalue weighted by Crippen LogP contribution is -2.48. The van der Waals surface area contributed by atoms with Crippen LogP contribution < -0.4 is 5.73 Å². The quantitative estimate of drug-likeness (QED) is 0.888. The van der Waals surface area contributed by atoms with Crippen LogP contribution in [0.5, 0.6) is 0 Å². The summed E-state index contributed by atoms with van der Waals surface area (Å²) in [7, 11) is 0. The molecule has 1 heterocycles. The van der Waals surface area contributed by atoms with Crippen LogP contribution in [0.25, 0.3) is 0 Å². The third kappa shape index (κ3) is 3.16. The lowest BCUT2D eigenvalue weighted by Gasteiger charge is -2.38. The van der Waals surface area contributed by atoms with Crippen molar-refractivity contribution in [3.05, 3.63) is 35.4 Å². The zero-order valence-electron chi connectivity index (χ0n) is 12.1. The molecule has 0 spiro atoms. The maximum atomic E-state index is 12.5. The van der Waals surface area contributed by atoms with E-state index in [1.165, 1.54) is 12.0 Å². The molecule has 1 aliphatic rings. The van der Waals surface area contributed by atoms with Crippen LogP contribution in [0.3, 0.4) is 0 Å². The predicted molar refractivity (Wildman–Crippen MR) is 77.7 cm³/mol. The van der Waals surface area contributed by atoms with E-state index < -0.39 is 6.04 Å². The molecule has 1 fully saturated rings. The molecule has 19 heavy (non-hydrogen) atoms. The smallest absolute Gasteiger partial charge is 0.244 e. The van der Waals surface area contributed by atoms with Gasteiger partial charge in [0.25, 0.3) is 0 Å². The minimum atomic E-state index is -0.534. The van der Waals surface area contributed by atoms with Crippen molar-refractivity contribution >= 4 is 5.91 Å². The molecule has 1 aromatic rings. The predicted octanol–water partition coefficient (Wildman–Crippen LogP) is 2.64. The summed E-state index contributed by atoms with van der Waals surface area (Å²) in [6.45, 7) is 7.18. The Morgan fingerprint density at radius 2 is 1.89 bits per heavy atom. The number of nitrogens with two attached hydrogens (primary N) is 1. The third-order valence-electron chi connectivity index (χ3n) is 4.10. The highest BCUT2D eigenvalue weighted by Gasteiger charge is 2.30. The van der Waals surface area contributed by atoms with Crippen LogP contribution in [0.15, 0.2) is 24.3 Å². The van der Waals surface area contributed by atoms with Crippen molar-refractivity contribution in [2.24, 2.45) is 11.7 Å². The van der Waals surface area contributed by atoms with E-state index in [2.05, 4.69) is 13.8 Å². The molecule has 3 heteroatoms. The van der Waals surface area contributed by atoms with E-state index >= 15 is 0 Å². The number of carbonyl (C=O) groups is 1. The van der Waals surface area contributed by atoms with Crippen molar-refractivity contribution in [3.8, 4) is 0 Å². The van der Waals surface area contributed by atoms with Crippen LogP contribution in [-0.4, -0.2) is 23.4 Å². The van der Waals surface area contributed by atoms with Gasteiger partial charge >= 0.3 is 0 Å². The van der Waals surface area contributed by atoms with Crippen molar-refractivity contribution in [2.75, 3.05) is 6.54 Å². The number of aryl methyl sites for hydroxylation is 1. The van der Waals surface area contributed by atoms with Crippen molar-refractivity contribution in [2.45, 2.75) is 45.7 Å². The molecule has 1 saturated heterocycles. The van der Waals surface area contributed by atoms with Gasteiger partial charge in [-0.2, -0.15) is 0 Å². The number of hydrogen-bond acceptors (Lipinski definition) is 2. The molecular formula is C16H24N2O. The Morgan fingerprint density at radius 3 is 2.53 bits per heavy atom. The highest BCUT2D eigenvalue weighted by Crippen LogP contribution is 2.24. The summed E-state index contributed by atoms with van der Waals surface area (Å²) in [5.41, 5.74) is 8.22. The number of nitrogens with zero attached hydrogens (tertiary/aromatic N) is 1. The largest absolute Gasteiger partial charge is 0.338 e. The van der Waals surface area contributed by atoms with E-state index in [9.17, 15) is 4.79 Å². The lowest BCUT2D eigenvalue weighted by atomic mass is 9.93. The zero-order valence-corrected chi connectivity index (χ0v) is 12.1. The second-order valence-electron chi connectivity index (χ2n) is 5.91. The van der Waals surface area contributed by atoms with Gasteiger partial charge < -0.3 is 10.6 Å². The van der Waals surface area contributed by atoms with E-state index in [1.807, 2.05) is 36.1 Å². The minimum absolute atomic E-state index is 0.0582. The second-order valence-corrected chi connectivity index (χ2v) is 5.91. The number of carbonyl (C=O) groups excluding carboxylic acids is 1. The molecule has 104 valence electrons. The van der Waals surface area contributed by atoms with Gasteiger partial charge in [0, 0.05) is 12.6 Å². The molecule has 0 aromatic heterocycles. The standard InChI is InChI=1S/C16H24N2O/c1-11-5-8-14(9-6-11)15(17)16(19)18-10-12(2)4-7-13(18)3/h5-6,8-9,12-13,15H,4,7,10,17H2,1-3H3. The molecule has 3 atom stereocenters. The summed E-state index contributed by atoms with van der Waals surface area (Å²) >= 11 is 0. The van der Waals surface area contributed by atoms with Gasteiger partial charge in [-0.05, 0) is 38.2 Å². The average molecular weight is 260 g/mol. The second kappa shape index (κ2) is 5.74. The zero-order chi connectivity index (χ0) is 14.0. The van der Waals surface area contributed by atoms with Gasteiger partial charge in [0.2, 0.25) is 5.91 Å². The van der Waals surface area contributed by atoms with Crippen LogP contribution >= 0.6 is 0 Å². The number of piperidine rings is 1. The van der Waals surface area contributed by atoms with Gasteiger partial charge in [-0.3, -0.25) is 4.79 Å². The summed E-state index contributed by atoms with van der Waals surface area (Å²) in [5, 5.41) is 0. The molecule has 2 rings (SSSR count). The van der Waals surface area contributed by atoms with E-state index in [-0.39, 0.29) is 5.91 Å². The first-order valence-electron chi connectivity index (χ1n) is 7.11. The van der Waals surface area contributed by atoms with E-state index in [0.717, 1.165) is 18.5 Å². The highest BCUT2D eigenvalue weighted by atomic mass is 16.2. The minimum Gasteiger partial charge on any atom is -0.338 e. The van der Waals surface area contributed by atoms with E-state index in [0.29, 0.717) is 12.0 Å². The molecule has 1 aromatic carbocycles. The van der Waals surface area contributed by atoms with Crippen LogP contribution in [0.1, 0.15) is 43.9 Å². The number of hydrogen-bond donors (Lipinski definition) is 1. The maximum absolute atomic E-state index is 12.5. The first-order valence-corrected chi connectivity index (χ1v) is 7.11. The van der Waals surface area contributed by atoms with Gasteiger partial charge in [0.15, 0.2) is 0 Å². The summed E-state index contributed by atoms with van der Waals surface area (Å²) in [5.74, 6) is 0.633. The molecular weight excluding hydrogens is 236 g/mol. The van der Waals surface area contributed by atoms with Gasteiger partial charge in [0.1, 0.15) is 6.04 Å². The monoisotopic (exact) mass is 260 g/mol. The fourth-order valence-corrected chi connectivity index (χ4v) is 2.69. The van der Waals surface area contributed by atoms with Crippen molar-refractivity contribution in [1.82, 2.24) is 4.90 Å². The molecule has 3 unspecified atom stereocenters. The summed E-state index contributed by atoms with van der Waals surface area (Å²) < 4.78 is 0. The first-order chi connectivity index (χ1) is 8.99. The molecule has 3 nitrogen and oxygen atoms in total. The maximum Gasteiger partial charge on any atom is 0.244 e. The first kappa shape index (κ1) is 14.1. The third-order valence-corrected chi connectivity index (χ3v) is 4.10. The Balaban J connectivity index is 2.11. The SMILES string of the molecule is Cc1ccc(C(N)C(=O)N2CC(C)CCC2C)cc1. The summed E-state index contributed by atoms with van der Waals surface area (Å²) in [4.78, 5) is 14.5. The molecule has 1 amide bonds. The molecule has 0 radical (unpaired) electrons. The number of amides is 1. The van der Waals surface area contributed by atoms with Gasteiger partial charge in [0.05, 0.1) is 0 Å². The fourth-order valence-electron chi connectivity index (χ4n) is 2.69. The molecule has 2 N–H and O–H groups in total. The van der Waals surface area contributed by atoms with Crippen molar-refractivity contribution in [3.63, 3.8) is 0 Å². The van der Waals surface area contributed by atoms with Crippen LogP contribution in [0.2, 0.25) is 0 Å². The number of rotatable bonds is 2. The van der Waals surface area contributed by atoms with Crippen LogP contribution in [0, 0.1) is 12.8 Å². The van der Waals surface area contributed by atoms with E-state index in [4.69, 9.17) is 5.73 Å². The summed E-state index contributed by atoms with van der Waals surface area (Å²) in [6, 6.07) is 7.69. The topological polar surface area (TPSA) is 46.3 Å². The molecule has 0 bridgehead atoms. The Kier molecular flexibility index (Phi) is 4.25. The Bertz CT molecular complexity index is 441. The van der Waals surface area contributed by atoms with E-state index in [1.54, 1.807) is 0 Å². The van der Waals surface area contributed by atoms with Gasteiger partial charge in [-0.1, -0.05) is 36.8 Å². The molecule has 0 aliphatic carbocycles. The molecule has 0 saturated carbocycles. The average Bonchev–Trinajstić information content (AvgIpc) is 2.41.